The lowest BCUT2D eigenvalue weighted by atomic mass is 9.96. The molecule has 0 bridgehead atoms. The fraction of sp³-hybridized carbons (Fsp3) is 0.375. The zero-order valence-corrected chi connectivity index (χ0v) is 18.1. The molecule has 30 heavy (non-hydrogen) atoms. The van der Waals surface area contributed by atoms with Crippen LogP contribution in [0.5, 0.6) is 0 Å². The van der Waals surface area contributed by atoms with E-state index in [9.17, 15) is 9.59 Å². The maximum absolute atomic E-state index is 12.6. The summed E-state index contributed by atoms with van der Waals surface area (Å²) in [5.41, 5.74) is 2.01. The molecular formula is C24H31NO5. The van der Waals surface area contributed by atoms with E-state index in [0.29, 0.717) is 17.7 Å². The SMILES string of the molecule is CC(=O)O.CCN(CC)CCOC(=O)C(C)c1cccc(C(=O)c2ccccc2)c1. The van der Waals surface area contributed by atoms with Crippen molar-refractivity contribution in [1.82, 2.24) is 4.90 Å². The largest absolute Gasteiger partial charge is 0.481 e. The summed E-state index contributed by atoms with van der Waals surface area (Å²) in [6.45, 7) is 10.1. The van der Waals surface area contributed by atoms with Crippen molar-refractivity contribution >= 4 is 17.7 Å². The Hall–Kier alpha value is -2.99. The Morgan fingerprint density at radius 1 is 0.967 bits per heavy atom. The number of carboxylic acids is 1. The number of ether oxygens (including phenoxy) is 1. The second-order valence-corrected chi connectivity index (χ2v) is 6.76. The number of likely N-dealkylation sites (N-methyl/N-ethyl adjacent to an activating group) is 1. The second-order valence-electron chi connectivity index (χ2n) is 6.76. The van der Waals surface area contributed by atoms with Gasteiger partial charge in [0.1, 0.15) is 6.61 Å². The summed E-state index contributed by atoms with van der Waals surface area (Å²) in [6.07, 6.45) is 0. The van der Waals surface area contributed by atoms with E-state index in [-0.39, 0.29) is 11.8 Å². The topological polar surface area (TPSA) is 83.9 Å². The third-order valence-electron chi connectivity index (χ3n) is 4.58. The molecule has 2 rings (SSSR count). The van der Waals surface area contributed by atoms with Crippen molar-refractivity contribution in [3.8, 4) is 0 Å². The highest BCUT2D eigenvalue weighted by Gasteiger charge is 2.19. The van der Waals surface area contributed by atoms with E-state index in [0.717, 1.165) is 32.1 Å². The van der Waals surface area contributed by atoms with Gasteiger partial charge in [0, 0.05) is 24.6 Å². The molecule has 2 aromatic rings. The molecule has 0 heterocycles. The summed E-state index contributed by atoms with van der Waals surface area (Å²) < 4.78 is 5.41. The average molecular weight is 414 g/mol. The van der Waals surface area contributed by atoms with E-state index >= 15 is 0 Å². The first-order chi connectivity index (χ1) is 14.3. The zero-order valence-electron chi connectivity index (χ0n) is 18.1. The predicted octanol–water partition coefficient (Wildman–Crippen LogP) is 4.00. The maximum atomic E-state index is 12.6. The molecule has 1 unspecified atom stereocenters. The third kappa shape index (κ3) is 8.57. The van der Waals surface area contributed by atoms with Crippen LogP contribution < -0.4 is 0 Å². The number of hydrogen-bond acceptors (Lipinski definition) is 5. The van der Waals surface area contributed by atoms with Crippen molar-refractivity contribution in [1.29, 1.82) is 0 Å². The van der Waals surface area contributed by atoms with Crippen LogP contribution in [-0.2, 0) is 14.3 Å². The van der Waals surface area contributed by atoms with Gasteiger partial charge in [0.15, 0.2) is 5.78 Å². The molecule has 0 radical (unpaired) electrons. The van der Waals surface area contributed by atoms with Gasteiger partial charge in [0.2, 0.25) is 0 Å². The van der Waals surface area contributed by atoms with Gasteiger partial charge in [-0.15, -0.1) is 0 Å². The number of ketones is 1. The quantitative estimate of drug-likeness (QED) is 0.494. The average Bonchev–Trinajstić information content (AvgIpc) is 2.76. The lowest BCUT2D eigenvalue weighted by molar-refractivity contribution is -0.145. The molecule has 0 spiro atoms. The number of hydrogen-bond donors (Lipinski definition) is 1. The first-order valence-corrected chi connectivity index (χ1v) is 10.1. The first kappa shape index (κ1) is 25.0. The number of carbonyl (C=O) groups is 3. The second kappa shape index (κ2) is 13.3. The smallest absolute Gasteiger partial charge is 0.313 e. The number of carbonyl (C=O) groups excluding carboxylic acids is 2. The van der Waals surface area contributed by atoms with E-state index in [1.54, 1.807) is 24.3 Å². The minimum atomic E-state index is -0.833. The van der Waals surface area contributed by atoms with Crippen molar-refractivity contribution in [2.75, 3.05) is 26.2 Å². The highest BCUT2D eigenvalue weighted by molar-refractivity contribution is 6.09. The maximum Gasteiger partial charge on any atom is 0.313 e. The normalized spacial score (nSPS) is 11.2. The fourth-order valence-electron chi connectivity index (χ4n) is 2.78. The standard InChI is InChI=1S/C22H27NO3.C2H4O2/c1-4-23(5-2)14-15-26-22(25)17(3)19-12-9-13-20(16-19)21(24)18-10-7-6-8-11-18;1-2(3)4/h6-13,16-17H,4-5,14-15H2,1-3H3;1H3,(H,3,4). The Labute approximate surface area is 178 Å². The van der Waals surface area contributed by atoms with E-state index < -0.39 is 11.9 Å². The minimum Gasteiger partial charge on any atom is -0.481 e. The van der Waals surface area contributed by atoms with E-state index in [1.807, 2.05) is 37.3 Å². The number of aliphatic carboxylic acids is 1. The molecule has 6 nitrogen and oxygen atoms in total. The van der Waals surface area contributed by atoms with Gasteiger partial charge in [-0.25, -0.2) is 0 Å². The van der Waals surface area contributed by atoms with Gasteiger partial charge in [-0.2, -0.15) is 0 Å². The summed E-state index contributed by atoms with van der Waals surface area (Å²) >= 11 is 0. The molecule has 6 heteroatoms. The molecule has 1 N–H and O–H groups in total. The number of nitrogens with zero attached hydrogens (tertiary/aromatic N) is 1. The first-order valence-electron chi connectivity index (χ1n) is 10.1. The zero-order chi connectivity index (χ0) is 22.5. The summed E-state index contributed by atoms with van der Waals surface area (Å²) in [4.78, 5) is 36.1. The number of benzene rings is 2. The summed E-state index contributed by atoms with van der Waals surface area (Å²) in [7, 11) is 0. The van der Waals surface area contributed by atoms with Gasteiger partial charge in [-0.1, -0.05) is 62.4 Å². The third-order valence-corrected chi connectivity index (χ3v) is 4.58. The van der Waals surface area contributed by atoms with Crippen LogP contribution in [0, 0.1) is 0 Å². The van der Waals surface area contributed by atoms with Gasteiger partial charge in [0.05, 0.1) is 5.92 Å². The lowest BCUT2D eigenvalue weighted by Gasteiger charge is -2.18. The summed E-state index contributed by atoms with van der Waals surface area (Å²) in [5.74, 6) is -1.55. The minimum absolute atomic E-state index is 0.0467. The lowest BCUT2D eigenvalue weighted by Crippen LogP contribution is -2.28. The van der Waals surface area contributed by atoms with Crippen LogP contribution in [0.3, 0.4) is 0 Å². The highest BCUT2D eigenvalue weighted by Crippen LogP contribution is 2.20. The Bertz CT molecular complexity index is 811. The van der Waals surface area contributed by atoms with Crippen molar-refractivity contribution in [2.24, 2.45) is 0 Å². The number of esters is 1. The predicted molar refractivity (Wildman–Crippen MR) is 117 cm³/mol. The van der Waals surface area contributed by atoms with Crippen LogP contribution >= 0.6 is 0 Å². The Morgan fingerprint density at radius 3 is 2.10 bits per heavy atom. The van der Waals surface area contributed by atoms with Crippen LogP contribution in [0.2, 0.25) is 0 Å². The van der Waals surface area contributed by atoms with E-state index in [2.05, 4.69) is 18.7 Å². The summed E-state index contributed by atoms with van der Waals surface area (Å²) in [5, 5.41) is 7.42. The molecule has 0 saturated carbocycles. The van der Waals surface area contributed by atoms with Crippen LogP contribution in [0.1, 0.15) is 55.1 Å². The highest BCUT2D eigenvalue weighted by atomic mass is 16.5. The van der Waals surface area contributed by atoms with Gasteiger partial charge in [-0.3, -0.25) is 14.4 Å². The molecule has 162 valence electrons. The Balaban J connectivity index is 0.00000103. The van der Waals surface area contributed by atoms with Crippen molar-refractivity contribution in [2.45, 2.75) is 33.6 Å². The molecule has 0 saturated heterocycles. The molecule has 0 fully saturated rings. The Kier molecular flexibility index (Phi) is 11.1. The molecular weight excluding hydrogens is 382 g/mol. The van der Waals surface area contributed by atoms with E-state index in [1.165, 1.54) is 0 Å². The fourth-order valence-corrected chi connectivity index (χ4v) is 2.78. The van der Waals surface area contributed by atoms with E-state index in [4.69, 9.17) is 14.6 Å². The van der Waals surface area contributed by atoms with Crippen LogP contribution in [0.15, 0.2) is 54.6 Å². The van der Waals surface area contributed by atoms with Gasteiger partial charge in [-0.05, 0) is 31.6 Å². The number of rotatable bonds is 9. The van der Waals surface area contributed by atoms with Gasteiger partial charge < -0.3 is 14.7 Å². The van der Waals surface area contributed by atoms with Gasteiger partial charge in [0.25, 0.3) is 5.97 Å². The molecule has 2 aromatic carbocycles. The van der Waals surface area contributed by atoms with Crippen molar-refractivity contribution < 1.29 is 24.2 Å². The van der Waals surface area contributed by atoms with Crippen LogP contribution in [0.4, 0.5) is 0 Å². The van der Waals surface area contributed by atoms with Crippen molar-refractivity contribution in [3.05, 3.63) is 71.3 Å². The van der Waals surface area contributed by atoms with Crippen molar-refractivity contribution in [3.63, 3.8) is 0 Å². The molecule has 0 aliphatic carbocycles. The van der Waals surface area contributed by atoms with Crippen LogP contribution in [-0.4, -0.2) is 54.0 Å². The molecule has 0 aromatic heterocycles. The molecule has 0 aliphatic rings. The molecule has 0 aliphatic heterocycles. The molecule has 0 amide bonds. The Morgan fingerprint density at radius 2 is 1.53 bits per heavy atom. The summed E-state index contributed by atoms with van der Waals surface area (Å²) in [6, 6.07) is 16.4. The van der Waals surface area contributed by atoms with Crippen LogP contribution in [0.25, 0.3) is 0 Å². The molecule has 1 atom stereocenters. The van der Waals surface area contributed by atoms with Gasteiger partial charge >= 0.3 is 5.97 Å². The number of carboxylic acid groups (broad SMARTS) is 1. The monoisotopic (exact) mass is 413 g/mol.